The molecule has 3 unspecified atom stereocenters. The Morgan fingerprint density at radius 1 is 1.22 bits per heavy atom. The Labute approximate surface area is 53.9 Å². The smallest absolute Gasteiger partial charge is 0.147 e. The second-order valence-corrected chi connectivity index (χ2v) is 2.33. The maximum Gasteiger partial charge on any atom is 0.147 e. The maximum atomic E-state index is 5.18. The van der Waals surface area contributed by atoms with E-state index in [1.807, 2.05) is 0 Å². The van der Waals surface area contributed by atoms with Gasteiger partial charge in [-0.05, 0) is 6.92 Å². The standard InChI is InChI=1S/C6H9O3/c1-4-6-5(2-7-4)8-3-9-6/h4-6H,1-3H2. The molecule has 3 nitrogen and oxygen atoms in total. The van der Waals surface area contributed by atoms with Crippen molar-refractivity contribution in [2.24, 2.45) is 0 Å². The summed E-state index contributed by atoms with van der Waals surface area (Å²) >= 11 is 0. The zero-order chi connectivity index (χ0) is 6.27. The molecular formula is C6H9O3. The normalized spacial score (nSPS) is 49.7. The second kappa shape index (κ2) is 1.94. The predicted octanol–water partition coefficient (Wildman–Crippen LogP) is -0.0392. The molecule has 1 radical (unpaired) electrons. The molecule has 2 saturated heterocycles. The molecule has 0 amide bonds. The zero-order valence-corrected chi connectivity index (χ0v) is 5.08. The molecular weight excluding hydrogens is 120 g/mol. The van der Waals surface area contributed by atoms with Gasteiger partial charge in [-0.25, -0.2) is 0 Å². The molecule has 2 aliphatic rings. The van der Waals surface area contributed by atoms with Crippen LogP contribution in [0.25, 0.3) is 0 Å². The highest BCUT2D eigenvalue weighted by Crippen LogP contribution is 2.24. The first-order valence-electron chi connectivity index (χ1n) is 3.06. The quantitative estimate of drug-likeness (QED) is 0.459. The van der Waals surface area contributed by atoms with Crippen LogP contribution in [0.4, 0.5) is 0 Å². The van der Waals surface area contributed by atoms with Gasteiger partial charge in [0.15, 0.2) is 0 Å². The molecule has 2 fully saturated rings. The highest BCUT2D eigenvalue weighted by atomic mass is 16.7. The molecule has 0 N–H and O–H groups in total. The molecule has 0 spiro atoms. The van der Waals surface area contributed by atoms with Crippen LogP contribution < -0.4 is 0 Å². The lowest BCUT2D eigenvalue weighted by atomic mass is 10.2. The van der Waals surface area contributed by atoms with Crippen molar-refractivity contribution >= 4 is 0 Å². The lowest BCUT2D eigenvalue weighted by Crippen LogP contribution is -2.24. The molecule has 0 bridgehead atoms. The van der Waals surface area contributed by atoms with Crippen molar-refractivity contribution in [1.29, 1.82) is 0 Å². The lowest BCUT2D eigenvalue weighted by molar-refractivity contribution is -0.0294. The van der Waals surface area contributed by atoms with Gasteiger partial charge >= 0.3 is 0 Å². The van der Waals surface area contributed by atoms with E-state index in [9.17, 15) is 0 Å². The average Bonchev–Trinajstić information content (AvgIpc) is 2.35. The molecule has 3 heteroatoms. The van der Waals surface area contributed by atoms with Crippen LogP contribution in [0.2, 0.25) is 0 Å². The van der Waals surface area contributed by atoms with E-state index in [0.717, 1.165) is 0 Å². The fourth-order valence-electron chi connectivity index (χ4n) is 1.21. The Morgan fingerprint density at radius 2 is 2.11 bits per heavy atom. The average molecular weight is 129 g/mol. The van der Waals surface area contributed by atoms with E-state index in [-0.39, 0.29) is 18.3 Å². The van der Waals surface area contributed by atoms with Crippen LogP contribution in [0.3, 0.4) is 0 Å². The van der Waals surface area contributed by atoms with Crippen LogP contribution in [0.1, 0.15) is 0 Å². The van der Waals surface area contributed by atoms with Crippen molar-refractivity contribution in [1.82, 2.24) is 0 Å². The first-order valence-corrected chi connectivity index (χ1v) is 3.06. The molecule has 0 aliphatic carbocycles. The Bertz CT molecular complexity index is 115. The molecule has 0 aromatic heterocycles. The summed E-state index contributed by atoms with van der Waals surface area (Å²) in [5.41, 5.74) is 0. The predicted molar refractivity (Wildman–Crippen MR) is 29.7 cm³/mol. The van der Waals surface area contributed by atoms with Gasteiger partial charge in [-0.3, -0.25) is 0 Å². The van der Waals surface area contributed by atoms with E-state index in [2.05, 4.69) is 6.92 Å². The minimum atomic E-state index is -0.0301. The molecule has 0 saturated carbocycles. The number of hydrogen-bond donors (Lipinski definition) is 0. The van der Waals surface area contributed by atoms with Gasteiger partial charge < -0.3 is 14.2 Å². The van der Waals surface area contributed by atoms with Crippen molar-refractivity contribution in [2.45, 2.75) is 18.3 Å². The minimum Gasteiger partial charge on any atom is -0.373 e. The highest BCUT2D eigenvalue weighted by Gasteiger charge is 2.40. The van der Waals surface area contributed by atoms with E-state index in [1.165, 1.54) is 0 Å². The Balaban J connectivity index is 2.07. The summed E-state index contributed by atoms with van der Waals surface area (Å²) in [6.07, 6.45) is 0.204. The molecule has 2 heterocycles. The van der Waals surface area contributed by atoms with Crippen molar-refractivity contribution in [3.05, 3.63) is 6.92 Å². The minimum absolute atomic E-state index is 0.0301. The van der Waals surface area contributed by atoms with Gasteiger partial charge in [0.25, 0.3) is 0 Å². The first kappa shape index (κ1) is 5.65. The summed E-state index contributed by atoms with van der Waals surface area (Å²) in [5, 5.41) is 0. The molecule has 2 rings (SSSR count). The summed E-state index contributed by atoms with van der Waals surface area (Å²) in [4.78, 5) is 0. The number of hydrogen-bond acceptors (Lipinski definition) is 3. The number of fused-ring (bicyclic) bond motifs is 1. The second-order valence-electron chi connectivity index (χ2n) is 2.33. The van der Waals surface area contributed by atoms with Crippen LogP contribution in [0, 0.1) is 6.92 Å². The molecule has 0 aromatic rings. The van der Waals surface area contributed by atoms with Crippen molar-refractivity contribution < 1.29 is 14.2 Å². The van der Waals surface area contributed by atoms with Gasteiger partial charge in [0.05, 0.1) is 12.7 Å². The van der Waals surface area contributed by atoms with Gasteiger partial charge in [-0.15, -0.1) is 0 Å². The van der Waals surface area contributed by atoms with Crippen LogP contribution in [-0.2, 0) is 14.2 Å². The third-order valence-corrected chi connectivity index (χ3v) is 1.75. The van der Waals surface area contributed by atoms with Gasteiger partial charge in [0, 0.05) is 0 Å². The van der Waals surface area contributed by atoms with E-state index in [1.54, 1.807) is 0 Å². The fourth-order valence-corrected chi connectivity index (χ4v) is 1.21. The number of rotatable bonds is 0. The van der Waals surface area contributed by atoms with E-state index in [4.69, 9.17) is 14.2 Å². The molecule has 9 heavy (non-hydrogen) atoms. The maximum absolute atomic E-state index is 5.18. The Hall–Kier alpha value is -0.120. The summed E-state index contributed by atoms with van der Waals surface area (Å²) in [6.45, 7) is 4.80. The van der Waals surface area contributed by atoms with Gasteiger partial charge in [-0.2, -0.15) is 0 Å². The van der Waals surface area contributed by atoms with E-state index >= 15 is 0 Å². The molecule has 0 aromatic carbocycles. The summed E-state index contributed by atoms with van der Waals surface area (Å²) in [5.74, 6) is 0. The summed E-state index contributed by atoms with van der Waals surface area (Å²) < 4.78 is 15.5. The van der Waals surface area contributed by atoms with Crippen LogP contribution in [0.15, 0.2) is 0 Å². The summed E-state index contributed by atoms with van der Waals surface area (Å²) in [7, 11) is 0. The topological polar surface area (TPSA) is 27.7 Å². The van der Waals surface area contributed by atoms with Crippen LogP contribution in [0.5, 0.6) is 0 Å². The van der Waals surface area contributed by atoms with Gasteiger partial charge in [-0.1, -0.05) is 0 Å². The first-order chi connectivity index (χ1) is 4.38. The van der Waals surface area contributed by atoms with Gasteiger partial charge in [0.1, 0.15) is 19.0 Å². The lowest BCUT2D eigenvalue weighted by Gasteiger charge is -2.07. The van der Waals surface area contributed by atoms with Crippen LogP contribution in [-0.4, -0.2) is 31.7 Å². The summed E-state index contributed by atoms with van der Waals surface area (Å²) in [6, 6.07) is 0. The zero-order valence-electron chi connectivity index (χ0n) is 5.08. The Morgan fingerprint density at radius 3 is 2.89 bits per heavy atom. The van der Waals surface area contributed by atoms with Crippen molar-refractivity contribution in [2.75, 3.05) is 13.4 Å². The highest BCUT2D eigenvalue weighted by molar-refractivity contribution is 4.89. The van der Waals surface area contributed by atoms with E-state index in [0.29, 0.717) is 13.4 Å². The largest absolute Gasteiger partial charge is 0.373 e. The van der Waals surface area contributed by atoms with Crippen molar-refractivity contribution in [3.63, 3.8) is 0 Å². The molecule has 2 aliphatic heterocycles. The van der Waals surface area contributed by atoms with Crippen molar-refractivity contribution in [3.8, 4) is 0 Å². The van der Waals surface area contributed by atoms with E-state index < -0.39 is 0 Å². The van der Waals surface area contributed by atoms with Gasteiger partial charge in [0.2, 0.25) is 0 Å². The monoisotopic (exact) mass is 129 g/mol. The molecule has 3 atom stereocenters. The third-order valence-electron chi connectivity index (χ3n) is 1.75. The Kier molecular flexibility index (Phi) is 1.22. The third kappa shape index (κ3) is 0.764. The molecule has 51 valence electrons. The van der Waals surface area contributed by atoms with Crippen LogP contribution >= 0.6 is 0 Å². The SMILES string of the molecule is [CH2]C1OCC2OCOC12. The number of ether oxygens (including phenoxy) is 3. The fraction of sp³-hybridized carbons (Fsp3) is 0.833.